The van der Waals surface area contributed by atoms with Crippen LogP contribution in [0.15, 0.2) is 35.3 Å². The topological polar surface area (TPSA) is 25.8 Å². The summed E-state index contributed by atoms with van der Waals surface area (Å²) in [5.74, 6) is 0. The number of rotatable bonds is 1. The summed E-state index contributed by atoms with van der Waals surface area (Å²) in [6.07, 6.45) is 3.27. The van der Waals surface area contributed by atoms with Crippen molar-refractivity contribution >= 4 is 27.5 Å². The summed E-state index contributed by atoms with van der Waals surface area (Å²) in [4.78, 5) is 8.06. The van der Waals surface area contributed by atoms with E-state index < -0.39 is 0 Å². The van der Waals surface area contributed by atoms with Crippen molar-refractivity contribution in [3.8, 4) is 11.1 Å². The number of hydrogen-bond acceptors (Lipinski definition) is 2. The third kappa shape index (κ3) is 2.19. The van der Waals surface area contributed by atoms with Crippen molar-refractivity contribution in [2.45, 2.75) is 6.92 Å². The Kier molecular flexibility index (Phi) is 3.03. The fourth-order valence-electron chi connectivity index (χ4n) is 1.27. The van der Waals surface area contributed by atoms with Crippen molar-refractivity contribution in [2.24, 2.45) is 0 Å². The van der Waals surface area contributed by atoms with Gasteiger partial charge in [0.15, 0.2) is 0 Å². The van der Waals surface area contributed by atoms with Crippen LogP contribution in [0.1, 0.15) is 5.56 Å². The van der Waals surface area contributed by atoms with E-state index in [-0.39, 0.29) is 0 Å². The van der Waals surface area contributed by atoms with Crippen molar-refractivity contribution in [2.75, 3.05) is 0 Å². The van der Waals surface area contributed by atoms with Gasteiger partial charge in [-0.15, -0.1) is 0 Å². The van der Waals surface area contributed by atoms with Gasteiger partial charge in [0.2, 0.25) is 0 Å². The van der Waals surface area contributed by atoms with E-state index in [2.05, 4.69) is 25.9 Å². The Morgan fingerprint density at radius 2 is 2.13 bits per heavy atom. The van der Waals surface area contributed by atoms with Gasteiger partial charge in [-0.1, -0.05) is 23.7 Å². The van der Waals surface area contributed by atoms with Gasteiger partial charge in [-0.3, -0.25) is 0 Å². The van der Waals surface area contributed by atoms with E-state index >= 15 is 0 Å². The second-order valence-corrected chi connectivity index (χ2v) is 4.35. The molecule has 0 fully saturated rings. The molecule has 1 aromatic carbocycles. The zero-order valence-corrected chi connectivity index (χ0v) is 10.4. The summed E-state index contributed by atoms with van der Waals surface area (Å²) < 4.78 is 0.775. The van der Waals surface area contributed by atoms with Crippen LogP contribution >= 0.6 is 27.5 Å². The van der Waals surface area contributed by atoms with E-state index in [1.807, 2.05) is 25.1 Å². The number of halogens is 2. The number of aromatic nitrogens is 2. The second kappa shape index (κ2) is 4.29. The molecule has 0 radical (unpaired) electrons. The highest BCUT2D eigenvalue weighted by atomic mass is 79.9. The van der Waals surface area contributed by atoms with E-state index in [0.717, 1.165) is 26.3 Å². The number of aryl methyl sites for hydroxylation is 1. The largest absolute Gasteiger partial charge is 0.244 e. The summed E-state index contributed by atoms with van der Waals surface area (Å²) in [5, 5.41) is 0.753. The Morgan fingerprint density at radius 3 is 2.80 bits per heavy atom. The van der Waals surface area contributed by atoms with Crippen molar-refractivity contribution in [1.29, 1.82) is 0 Å². The van der Waals surface area contributed by atoms with Crippen LogP contribution in [-0.2, 0) is 0 Å². The van der Waals surface area contributed by atoms with Gasteiger partial charge in [-0.05, 0) is 40.0 Å². The van der Waals surface area contributed by atoms with Crippen molar-refractivity contribution in [3.63, 3.8) is 0 Å². The highest BCUT2D eigenvalue weighted by Crippen LogP contribution is 2.28. The quantitative estimate of drug-likeness (QED) is 0.743. The predicted octanol–water partition coefficient (Wildman–Crippen LogP) is 3.87. The molecule has 15 heavy (non-hydrogen) atoms. The molecule has 2 rings (SSSR count). The molecule has 2 aromatic rings. The average molecular weight is 284 g/mol. The minimum Gasteiger partial charge on any atom is -0.244 e. The van der Waals surface area contributed by atoms with Crippen molar-refractivity contribution in [1.82, 2.24) is 9.97 Å². The van der Waals surface area contributed by atoms with Gasteiger partial charge in [-0.25, -0.2) is 9.97 Å². The van der Waals surface area contributed by atoms with Gasteiger partial charge >= 0.3 is 0 Å². The maximum atomic E-state index is 6.06. The maximum absolute atomic E-state index is 6.06. The van der Waals surface area contributed by atoms with Gasteiger partial charge in [0.05, 0.1) is 0 Å². The lowest BCUT2D eigenvalue weighted by atomic mass is 10.1. The summed E-state index contributed by atoms with van der Waals surface area (Å²) in [6.45, 7) is 1.97. The lowest BCUT2D eigenvalue weighted by Gasteiger charge is -2.04. The molecule has 0 bridgehead atoms. The van der Waals surface area contributed by atoms with Gasteiger partial charge in [-0.2, -0.15) is 0 Å². The first-order valence-electron chi connectivity index (χ1n) is 4.40. The smallest absolute Gasteiger partial charge is 0.117 e. The number of hydrogen-bond donors (Lipinski definition) is 0. The molecule has 1 aromatic heterocycles. The predicted molar refractivity (Wildman–Crippen MR) is 64.9 cm³/mol. The van der Waals surface area contributed by atoms with Gasteiger partial charge in [0.25, 0.3) is 0 Å². The van der Waals surface area contributed by atoms with Crippen LogP contribution in [0.4, 0.5) is 0 Å². The minimum absolute atomic E-state index is 0.753. The normalized spacial score (nSPS) is 10.3. The van der Waals surface area contributed by atoms with Crippen LogP contribution in [0.2, 0.25) is 5.02 Å². The molecule has 0 aliphatic heterocycles. The second-order valence-electron chi connectivity index (χ2n) is 3.19. The monoisotopic (exact) mass is 282 g/mol. The molecule has 2 nitrogen and oxygen atoms in total. The van der Waals surface area contributed by atoms with Crippen LogP contribution in [0.5, 0.6) is 0 Å². The van der Waals surface area contributed by atoms with E-state index in [4.69, 9.17) is 11.6 Å². The first-order chi connectivity index (χ1) is 7.18. The zero-order valence-electron chi connectivity index (χ0n) is 8.04. The molecule has 0 spiro atoms. The molecule has 0 atom stereocenters. The molecule has 0 aliphatic carbocycles. The van der Waals surface area contributed by atoms with Gasteiger partial charge in [0.1, 0.15) is 10.9 Å². The van der Waals surface area contributed by atoms with E-state index in [1.165, 1.54) is 6.33 Å². The Morgan fingerprint density at radius 1 is 1.33 bits per heavy atom. The summed E-state index contributed by atoms with van der Waals surface area (Å²) >= 11 is 9.44. The molecule has 0 aliphatic rings. The lowest BCUT2D eigenvalue weighted by molar-refractivity contribution is 1.14. The Hall–Kier alpha value is -0.930. The molecule has 0 saturated heterocycles. The summed E-state index contributed by atoms with van der Waals surface area (Å²) in [7, 11) is 0. The Labute approximate surface area is 101 Å². The molecule has 4 heteroatoms. The first kappa shape index (κ1) is 10.6. The van der Waals surface area contributed by atoms with Crippen LogP contribution in [0.3, 0.4) is 0 Å². The third-order valence-corrected chi connectivity index (χ3v) is 3.19. The first-order valence-corrected chi connectivity index (χ1v) is 5.57. The van der Waals surface area contributed by atoms with Crippen LogP contribution in [0.25, 0.3) is 11.1 Å². The van der Waals surface area contributed by atoms with E-state index in [9.17, 15) is 0 Å². The zero-order chi connectivity index (χ0) is 10.8. The molecule has 0 saturated carbocycles. The van der Waals surface area contributed by atoms with Crippen molar-refractivity contribution in [3.05, 3.63) is 45.9 Å². The standard InChI is InChI=1S/C11H8BrClN2/c1-7-2-3-8(4-10(7)13)9-5-14-6-15-11(9)12/h2-6H,1H3. The highest BCUT2D eigenvalue weighted by Gasteiger charge is 2.05. The minimum atomic E-state index is 0.753. The van der Waals surface area contributed by atoms with Crippen LogP contribution in [-0.4, -0.2) is 9.97 Å². The number of benzene rings is 1. The van der Waals surface area contributed by atoms with Gasteiger partial charge in [0, 0.05) is 16.8 Å². The Balaban J connectivity index is 2.55. The fraction of sp³-hybridized carbons (Fsp3) is 0.0909. The molecule has 76 valence electrons. The highest BCUT2D eigenvalue weighted by molar-refractivity contribution is 9.10. The van der Waals surface area contributed by atoms with Crippen LogP contribution < -0.4 is 0 Å². The Bertz CT molecular complexity index is 500. The number of nitrogens with zero attached hydrogens (tertiary/aromatic N) is 2. The van der Waals surface area contributed by atoms with Gasteiger partial charge < -0.3 is 0 Å². The molecule has 0 unspecified atom stereocenters. The van der Waals surface area contributed by atoms with Crippen molar-refractivity contribution < 1.29 is 0 Å². The van der Waals surface area contributed by atoms with Crippen LogP contribution in [0, 0.1) is 6.92 Å². The molecule has 1 heterocycles. The molecular weight excluding hydrogens is 275 g/mol. The third-order valence-electron chi connectivity index (χ3n) is 2.15. The fourth-order valence-corrected chi connectivity index (χ4v) is 1.87. The molecule has 0 N–H and O–H groups in total. The molecule has 0 amide bonds. The SMILES string of the molecule is Cc1ccc(-c2cncnc2Br)cc1Cl. The maximum Gasteiger partial charge on any atom is 0.117 e. The average Bonchev–Trinajstić information content (AvgIpc) is 2.23. The van der Waals surface area contributed by atoms with E-state index in [1.54, 1.807) is 6.20 Å². The molecular formula is C11H8BrClN2. The van der Waals surface area contributed by atoms with E-state index in [0.29, 0.717) is 0 Å². The summed E-state index contributed by atoms with van der Waals surface area (Å²) in [6, 6.07) is 5.90. The summed E-state index contributed by atoms with van der Waals surface area (Å²) in [5.41, 5.74) is 3.02. The lowest BCUT2D eigenvalue weighted by Crippen LogP contribution is -1.86.